The van der Waals surface area contributed by atoms with E-state index < -0.39 is 16.1 Å². The normalized spacial score (nSPS) is 11.4. The van der Waals surface area contributed by atoms with Crippen LogP contribution in [-0.2, 0) is 10.0 Å². The molecule has 0 aliphatic heterocycles. The number of sulfonamides is 1. The third-order valence-electron chi connectivity index (χ3n) is 3.92. The maximum atomic E-state index is 12.3. The fourth-order valence-electron chi connectivity index (χ4n) is 2.51. The first-order chi connectivity index (χ1) is 12.8. The highest BCUT2D eigenvalue weighted by Crippen LogP contribution is 2.27. The number of nitrogens with one attached hydrogen (secondary N) is 4. The number of hydrogen-bond donors (Lipinski definition) is 4. The highest BCUT2D eigenvalue weighted by molar-refractivity contribution is 7.89. The number of nitrogens with zero attached hydrogens (tertiary/aromatic N) is 1. The van der Waals surface area contributed by atoms with Gasteiger partial charge in [0.15, 0.2) is 5.82 Å². The lowest BCUT2D eigenvalue weighted by molar-refractivity contribution is 0.262. The molecule has 4 N–H and O–H groups in total. The number of aromatic amines is 1. The number of rotatable bonds is 5. The second-order valence-electron chi connectivity index (χ2n) is 5.79. The van der Waals surface area contributed by atoms with E-state index in [1.807, 2.05) is 19.1 Å². The summed E-state index contributed by atoms with van der Waals surface area (Å²) >= 11 is 1.62. The van der Waals surface area contributed by atoms with Crippen LogP contribution in [-0.4, -0.2) is 31.7 Å². The lowest BCUT2D eigenvalue weighted by atomic mass is 10.2. The molecule has 27 heavy (non-hydrogen) atoms. The minimum atomic E-state index is -3.61. The molecular formula is C17H19N5O3S2. The van der Waals surface area contributed by atoms with E-state index in [1.165, 1.54) is 18.0 Å². The van der Waals surface area contributed by atoms with Gasteiger partial charge in [0.1, 0.15) is 0 Å². The summed E-state index contributed by atoms with van der Waals surface area (Å²) in [6.07, 6.45) is 0. The molecule has 3 aromatic rings. The Hall–Kier alpha value is -2.69. The molecule has 142 valence electrons. The zero-order valence-corrected chi connectivity index (χ0v) is 16.6. The van der Waals surface area contributed by atoms with Crippen LogP contribution in [0.3, 0.4) is 0 Å². The summed E-state index contributed by atoms with van der Waals surface area (Å²) < 4.78 is 26.3. The SMILES string of the molecule is CNS(=O)(=O)c1cccc(NC(=O)Nc2cc(-c3ccc(C)s3)[nH]n2)c1C. The van der Waals surface area contributed by atoms with Crippen molar-refractivity contribution >= 4 is 38.9 Å². The first kappa shape index (κ1) is 19.1. The summed E-state index contributed by atoms with van der Waals surface area (Å²) in [6.45, 7) is 3.65. The molecule has 0 aliphatic rings. The predicted molar refractivity (Wildman–Crippen MR) is 107 cm³/mol. The minimum Gasteiger partial charge on any atom is -0.307 e. The topological polar surface area (TPSA) is 116 Å². The Morgan fingerprint density at radius 1 is 1.15 bits per heavy atom. The summed E-state index contributed by atoms with van der Waals surface area (Å²) in [5.74, 6) is 0.366. The van der Waals surface area contributed by atoms with Crippen molar-refractivity contribution in [2.45, 2.75) is 18.7 Å². The number of aromatic nitrogens is 2. The monoisotopic (exact) mass is 405 g/mol. The number of carbonyl (C=O) groups excluding carboxylic acids is 1. The molecule has 8 nitrogen and oxygen atoms in total. The van der Waals surface area contributed by atoms with Gasteiger partial charge in [-0.05, 0) is 50.7 Å². The zero-order valence-electron chi connectivity index (χ0n) is 15.0. The van der Waals surface area contributed by atoms with Gasteiger partial charge in [-0.15, -0.1) is 11.3 Å². The van der Waals surface area contributed by atoms with E-state index in [2.05, 4.69) is 25.6 Å². The van der Waals surface area contributed by atoms with Crippen molar-refractivity contribution in [3.8, 4) is 10.6 Å². The van der Waals surface area contributed by atoms with Crippen molar-refractivity contribution in [1.29, 1.82) is 0 Å². The van der Waals surface area contributed by atoms with Gasteiger partial charge in [0.2, 0.25) is 10.0 Å². The van der Waals surface area contributed by atoms with E-state index in [4.69, 9.17) is 0 Å². The summed E-state index contributed by atoms with van der Waals surface area (Å²) in [6, 6.07) is 9.89. The van der Waals surface area contributed by atoms with Gasteiger partial charge in [-0.3, -0.25) is 10.4 Å². The van der Waals surface area contributed by atoms with Crippen LogP contribution in [0.4, 0.5) is 16.3 Å². The van der Waals surface area contributed by atoms with Crippen LogP contribution in [0, 0.1) is 13.8 Å². The number of H-pyrrole nitrogens is 1. The maximum Gasteiger partial charge on any atom is 0.324 e. The van der Waals surface area contributed by atoms with Crippen molar-refractivity contribution in [3.63, 3.8) is 0 Å². The molecule has 0 saturated carbocycles. The Bertz CT molecular complexity index is 1090. The quantitative estimate of drug-likeness (QED) is 0.521. The van der Waals surface area contributed by atoms with E-state index in [0.717, 1.165) is 10.6 Å². The van der Waals surface area contributed by atoms with Gasteiger partial charge in [0, 0.05) is 16.6 Å². The number of anilines is 2. The standard InChI is InChI=1S/C17H19N5O3S2/c1-10-7-8-14(26-10)13-9-16(22-21-13)20-17(23)19-12-5-4-6-15(11(12)2)27(24,25)18-3/h4-9,18H,1-3H3,(H3,19,20,21,22,23). The van der Waals surface area contributed by atoms with Crippen molar-refractivity contribution in [3.05, 3.63) is 46.8 Å². The summed E-state index contributed by atoms with van der Waals surface area (Å²) in [7, 11) is -2.27. The Kier molecular flexibility index (Phi) is 5.31. The van der Waals surface area contributed by atoms with E-state index in [1.54, 1.807) is 36.5 Å². The number of aryl methyl sites for hydroxylation is 1. The summed E-state index contributed by atoms with van der Waals surface area (Å²) in [5, 5.41) is 12.3. The van der Waals surface area contributed by atoms with Gasteiger partial charge in [0.25, 0.3) is 0 Å². The number of amides is 2. The average Bonchev–Trinajstić information content (AvgIpc) is 3.25. The van der Waals surface area contributed by atoms with Crippen LogP contribution in [0.1, 0.15) is 10.4 Å². The molecule has 0 atom stereocenters. The molecule has 0 unspecified atom stereocenters. The lowest BCUT2D eigenvalue weighted by Crippen LogP contribution is -2.22. The van der Waals surface area contributed by atoms with Gasteiger partial charge in [-0.25, -0.2) is 17.9 Å². The Morgan fingerprint density at radius 3 is 2.59 bits per heavy atom. The number of hydrogen-bond acceptors (Lipinski definition) is 5. The molecule has 0 radical (unpaired) electrons. The second-order valence-corrected chi connectivity index (χ2v) is 8.94. The van der Waals surface area contributed by atoms with Crippen LogP contribution >= 0.6 is 11.3 Å². The highest BCUT2D eigenvalue weighted by Gasteiger charge is 2.17. The number of carbonyl (C=O) groups is 1. The third-order valence-corrected chi connectivity index (χ3v) is 6.51. The first-order valence-electron chi connectivity index (χ1n) is 8.03. The van der Waals surface area contributed by atoms with Gasteiger partial charge in [0.05, 0.1) is 15.5 Å². The lowest BCUT2D eigenvalue weighted by Gasteiger charge is -2.12. The molecule has 3 rings (SSSR count). The largest absolute Gasteiger partial charge is 0.324 e. The van der Waals surface area contributed by atoms with E-state index in [-0.39, 0.29) is 4.90 Å². The van der Waals surface area contributed by atoms with Crippen LogP contribution in [0.25, 0.3) is 10.6 Å². The van der Waals surface area contributed by atoms with Gasteiger partial charge in [-0.1, -0.05) is 6.07 Å². The molecule has 2 amide bonds. The summed E-state index contributed by atoms with van der Waals surface area (Å²) in [5.41, 5.74) is 1.65. The van der Waals surface area contributed by atoms with Gasteiger partial charge >= 0.3 is 6.03 Å². The number of thiophene rings is 1. The summed E-state index contributed by atoms with van der Waals surface area (Å²) in [4.78, 5) is 14.6. The van der Waals surface area contributed by atoms with Gasteiger partial charge in [-0.2, -0.15) is 5.10 Å². The molecule has 0 aliphatic carbocycles. The number of benzene rings is 1. The molecule has 0 spiro atoms. The molecular weight excluding hydrogens is 386 g/mol. The van der Waals surface area contributed by atoms with Gasteiger partial charge < -0.3 is 5.32 Å². The Labute approximate surface area is 161 Å². The highest BCUT2D eigenvalue weighted by atomic mass is 32.2. The van der Waals surface area contributed by atoms with E-state index in [9.17, 15) is 13.2 Å². The minimum absolute atomic E-state index is 0.109. The predicted octanol–water partition coefficient (Wildman–Crippen LogP) is 3.31. The molecule has 0 fully saturated rings. The molecule has 0 saturated heterocycles. The smallest absolute Gasteiger partial charge is 0.307 e. The fourth-order valence-corrected chi connectivity index (χ4v) is 4.34. The molecule has 2 aromatic heterocycles. The third kappa shape index (κ3) is 4.18. The molecule has 10 heteroatoms. The number of urea groups is 1. The second kappa shape index (κ2) is 7.51. The van der Waals surface area contributed by atoms with E-state index in [0.29, 0.717) is 17.1 Å². The van der Waals surface area contributed by atoms with Crippen LogP contribution in [0.15, 0.2) is 41.3 Å². The fraction of sp³-hybridized carbons (Fsp3) is 0.176. The first-order valence-corrected chi connectivity index (χ1v) is 10.3. The van der Waals surface area contributed by atoms with Crippen molar-refractivity contribution in [1.82, 2.24) is 14.9 Å². The average molecular weight is 406 g/mol. The maximum absolute atomic E-state index is 12.3. The Balaban J connectivity index is 1.74. The van der Waals surface area contributed by atoms with Crippen molar-refractivity contribution in [2.75, 3.05) is 17.7 Å². The van der Waals surface area contributed by atoms with Crippen LogP contribution in [0.5, 0.6) is 0 Å². The molecule has 2 heterocycles. The Morgan fingerprint density at radius 2 is 1.93 bits per heavy atom. The molecule has 0 bridgehead atoms. The van der Waals surface area contributed by atoms with E-state index >= 15 is 0 Å². The van der Waals surface area contributed by atoms with Crippen molar-refractivity contribution < 1.29 is 13.2 Å². The van der Waals surface area contributed by atoms with Crippen LogP contribution in [0.2, 0.25) is 0 Å². The zero-order chi connectivity index (χ0) is 19.6. The van der Waals surface area contributed by atoms with Crippen molar-refractivity contribution in [2.24, 2.45) is 0 Å². The van der Waals surface area contributed by atoms with Crippen LogP contribution < -0.4 is 15.4 Å². The molecule has 1 aromatic carbocycles.